The third kappa shape index (κ3) is 3.13. The molecule has 1 N–H and O–H groups in total. The summed E-state index contributed by atoms with van der Waals surface area (Å²) in [5.74, 6) is 0.937. The highest BCUT2D eigenvalue weighted by Crippen LogP contribution is 2.41. The largest absolute Gasteiger partial charge is 0.394 e. The van der Waals surface area contributed by atoms with Crippen molar-refractivity contribution in [3.05, 3.63) is 42.1 Å². The minimum absolute atomic E-state index is 0.0518. The Morgan fingerprint density at radius 3 is 2.79 bits per heavy atom. The quantitative estimate of drug-likeness (QED) is 0.861. The summed E-state index contributed by atoms with van der Waals surface area (Å²) in [7, 11) is 0. The Morgan fingerprint density at radius 1 is 1.21 bits per heavy atom. The number of aromatic nitrogens is 1. The molecule has 4 atom stereocenters. The number of piperidine rings is 3. The van der Waals surface area contributed by atoms with Crippen LogP contribution in [0, 0.1) is 11.8 Å². The van der Waals surface area contributed by atoms with Crippen molar-refractivity contribution in [2.45, 2.75) is 37.8 Å². The molecule has 0 radical (unpaired) electrons. The van der Waals surface area contributed by atoms with E-state index in [1.807, 2.05) is 40.1 Å². The highest BCUT2D eigenvalue weighted by molar-refractivity contribution is 5.93. The molecule has 0 unspecified atom stereocenters. The van der Waals surface area contributed by atoms with Crippen LogP contribution in [0.25, 0.3) is 11.3 Å². The van der Waals surface area contributed by atoms with Crippen LogP contribution < -0.4 is 0 Å². The summed E-state index contributed by atoms with van der Waals surface area (Å²) in [6.07, 6.45) is 3.36. The van der Waals surface area contributed by atoms with Crippen molar-refractivity contribution in [3.63, 3.8) is 0 Å². The first kappa shape index (κ1) is 18.4. The van der Waals surface area contributed by atoms with Gasteiger partial charge in [-0.05, 0) is 31.1 Å². The van der Waals surface area contributed by atoms with Gasteiger partial charge < -0.3 is 19.4 Å². The number of benzene rings is 1. The van der Waals surface area contributed by atoms with Crippen LogP contribution in [-0.2, 0) is 4.79 Å². The van der Waals surface area contributed by atoms with Gasteiger partial charge in [0.1, 0.15) is 0 Å². The van der Waals surface area contributed by atoms with Gasteiger partial charge in [-0.2, -0.15) is 0 Å². The van der Waals surface area contributed by atoms with Crippen LogP contribution in [0.15, 0.2) is 40.9 Å². The van der Waals surface area contributed by atoms with Gasteiger partial charge in [-0.15, -0.1) is 0 Å². The molecule has 2 bridgehead atoms. The van der Waals surface area contributed by atoms with Gasteiger partial charge in [0.05, 0.1) is 12.6 Å². The minimum Gasteiger partial charge on any atom is -0.394 e. The van der Waals surface area contributed by atoms with E-state index in [0.717, 1.165) is 24.8 Å². The molecule has 4 heterocycles. The van der Waals surface area contributed by atoms with Crippen LogP contribution >= 0.6 is 0 Å². The van der Waals surface area contributed by atoms with Gasteiger partial charge in [0.25, 0.3) is 5.91 Å². The van der Waals surface area contributed by atoms with E-state index in [0.29, 0.717) is 31.0 Å². The maximum atomic E-state index is 13.2. The standard InChI is InChI=1S/C22H25N3O4/c26-13-19-16-9-15(18-7-4-8-21(27)25(18)19)11-24(12-16)22(28)17-10-20(29-23-17)14-5-2-1-3-6-14/h1-3,5-6,10,15-16,18-19,26H,4,7-9,11-13H2/t15-,16+,18+,19+/m1/s1. The van der Waals surface area contributed by atoms with Gasteiger partial charge in [-0.1, -0.05) is 35.5 Å². The highest BCUT2D eigenvalue weighted by Gasteiger charge is 2.50. The van der Waals surface area contributed by atoms with Crippen molar-refractivity contribution in [3.8, 4) is 11.3 Å². The number of carbonyl (C=O) groups excluding carboxylic acids is 2. The lowest BCUT2D eigenvalue weighted by molar-refractivity contribution is -0.154. The average Bonchev–Trinajstić information content (AvgIpc) is 3.25. The van der Waals surface area contributed by atoms with E-state index in [2.05, 4.69) is 5.16 Å². The molecular weight excluding hydrogens is 370 g/mol. The lowest BCUT2D eigenvalue weighted by Gasteiger charge is -2.56. The van der Waals surface area contributed by atoms with E-state index >= 15 is 0 Å². The fourth-order valence-electron chi connectivity index (χ4n) is 5.45. The summed E-state index contributed by atoms with van der Waals surface area (Å²) in [6.45, 7) is 1.10. The summed E-state index contributed by atoms with van der Waals surface area (Å²) in [4.78, 5) is 29.4. The van der Waals surface area contributed by atoms with Crippen molar-refractivity contribution in [2.24, 2.45) is 11.8 Å². The fraction of sp³-hybridized carbons (Fsp3) is 0.500. The molecule has 1 aromatic heterocycles. The predicted molar refractivity (Wildman–Crippen MR) is 105 cm³/mol. The van der Waals surface area contributed by atoms with Crippen LogP contribution in [0.1, 0.15) is 36.2 Å². The molecule has 152 valence electrons. The molecule has 3 saturated heterocycles. The van der Waals surface area contributed by atoms with Crippen LogP contribution in [0.3, 0.4) is 0 Å². The average molecular weight is 395 g/mol. The Labute approximate surface area is 169 Å². The summed E-state index contributed by atoms with van der Waals surface area (Å²) in [6, 6.07) is 11.2. The molecule has 2 aromatic rings. The van der Waals surface area contributed by atoms with Gasteiger partial charge in [-0.25, -0.2) is 0 Å². The Kier molecular flexibility index (Phi) is 4.62. The smallest absolute Gasteiger partial charge is 0.276 e. The molecule has 29 heavy (non-hydrogen) atoms. The van der Waals surface area contributed by atoms with Crippen molar-refractivity contribution in [1.29, 1.82) is 0 Å². The first-order valence-electron chi connectivity index (χ1n) is 10.4. The van der Waals surface area contributed by atoms with Gasteiger partial charge >= 0.3 is 0 Å². The van der Waals surface area contributed by atoms with E-state index in [9.17, 15) is 14.7 Å². The molecule has 3 aliphatic heterocycles. The Bertz CT molecular complexity index is 898. The second-order valence-electron chi connectivity index (χ2n) is 8.42. The number of aliphatic hydroxyl groups excluding tert-OH is 1. The van der Waals surface area contributed by atoms with Crippen molar-refractivity contribution in [2.75, 3.05) is 19.7 Å². The maximum Gasteiger partial charge on any atom is 0.276 e. The molecule has 1 aromatic carbocycles. The Morgan fingerprint density at radius 2 is 2.00 bits per heavy atom. The lowest BCUT2D eigenvalue weighted by Crippen LogP contribution is -2.66. The molecule has 3 fully saturated rings. The molecule has 0 spiro atoms. The monoisotopic (exact) mass is 395 g/mol. The number of nitrogens with zero attached hydrogens (tertiary/aromatic N) is 3. The predicted octanol–water partition coefficient (Wildman–Crippen LogP) is 2.18. The molecule has 3 aliphatic rings. The molecule has 7 nitrogen and oxygen atoms in total. The van der Waals surface area contributed by atoms with Gasteiger partial charge in [-0.3, -0.25) is 9.59 Å². The number of likely N-dealkylation sites (tertiary alicyclic amines) is 1. The highest BCUT2D eigenvalue weighted by atomic mass is 16.5. The van der Waals surface area contributed by atoms with Crippen molar-refractivity contribution in [1.82, 2.24) is 15.0 Å². The van der Waals surface area contributed by atoms with Crippen LogP contribution in [0.5, 0.6) is 0 Å². The number of rotatable bonds is 3. The van der Waals surface area contributed by atoms with Gasteiger partial charge in [0, 0.05) is 37.2 Å². The van der Waals surface area contributed by atoms with E-state index in [-0.39, 0.29) is 42.3 Å². The van der Waals surface area contributed by atoms with E-state index in [1.54, 1.807) is 6.07 Å². The zero-order valence-electron chi connectivity index (χ0n) is 16.2. The van der Waals surface area contributed by atoms with E-state index in [4.69, 9.17) is 4.52 Å². The molecule has 5 rings (SSSR count). The first-order valence-corrected chi connectivity index (χ1v) is 10.4. The normalized spacial score (nSPS) is 28.9. The minimum atomic E-state index is -0.197. The van der Waals surface area contributed by atoms with Crippen molar-refractivity contribution < 1.29 is 19.2 Å². The van der Waals surface area contributed by atoms with Crippen LogP contribution in [-0.4, -0.2) is 63.7 Å². The molecule has 2 amide bonds. The van der Waals surface area contributed by atoms with Crippen LogP contribution in [0.4, 0.5) is 0 Å². The van der Waals surface area contributed by atoms with E-state index < -0.39 is 0 Å². The van der Waals surface area contributed by atoms with Crippen molar-refractivity contribution >= 4 is 11.8 Å². The SMILES string of the molecule is O=C(c1cc(-c2ccccc2)on1)N1C[C@H]2C[C@@H](C1)[C@H](CO)N1C(=O)CCC[C@@H]21. The number of hydrogen-bond acceptors (Lipinski definition) is 5. The second-order valence-corrected chi connectivity index (χ2v) is 8.42. The first-order chi connectivity index (χ1) is 14.2. The zero-order valence-corrected chi connectivity index (χ0v) is 16.2. The number of amides is 2. The number of hydrogen-bond donors (Lipinski definition) is 1. The lowest BCUT2D eigenvalue weighted by atomic mass is 9.72. The zero-order chi connectivity index (χ0) is 20.0. The number of fused-ring (bicyclic) bond motifs is 4. The fourth-order valence-corrected chi connectivity index (χ4v) is 5.45. The summed E-state index contributed by atoms with van der Waals surface area (Å²) in [5, 5.41) is 14.0. The van der Waals surface area contributed by atoms with Gasteiger partial charge in [0.15, 0.2) is 11.5 Å². The molecular formula is C22H25N3O4. The van der Waals surface area contributed by atoms with Crippen LogP contribution in [0.2, 0.25) is 0 Å². The molecule has 7 heteroatoms. The number of carbonyl (C=O) groups is 2. The second kappa shape index (κ2) is 7.30. The van der Waals surface area contributed by atoms with E-state index in [1.165, 1.54) is 0 Å². The summed E-state index contributed by atoms with van der Waals surface area (Å²) >= 11 is 0. The Hall–Kier alpha value is -2.67. The van der Waals surface area contributed by atoms with Gasteiger partial charge in [0.2, 0.25) is 5.91 Å². The number of aliphatic hydroxyl groups is 1. The third-order valence-corrected chi connectivity index (χ3v) is 6.76. The molecule has 0 saturated carbocycles. The summed E-state index contributed by atoms with van der Waals surface area (Å²) in [5.41, 5.74) is 1.19. The third-order valence-electron chi connectivity index (χ3n) is 6.76. The maximum absolute atomic E-state index is 13.2. The molecule has 0 aliphatic carbocycles. The topological polar surface area (TPSA) is 86.9 Å². The summed E-state index contributed by atoms with van der Waals surface area (Å²) < 4.78 is 5.41. The Balaban J connectivity index is 1.37.